The van der Waals surface area contributed by atoms with Crippen LogP contribution in [0.4, 0.5) is 0 Å². The van der Waals surface area contributed by atoms with Crippen LogP contribution in [0.3, 0.4) is 0 Å². The van der Waals surface area contributed by atoms with E-state index < -0.39 is 12.0 Å². The van der Waals surface area contributed by atoms with Gasteiger partial charge in [0.1, 0.15) is 6.61 Å². The summed E-state index contributed by atoms with van der Waals surface area (Å²) < 4.78 is 19.1. The molecule has 9 heteroatoms. The van der Waals surface area contributed by atoms with Crippen molar-refractivity contribution in [3.05, 3.63) is 126 Å². The van der Waals surface area contributed by atoms with E-state index in [1.165, 1.54) is 11.3 Å². The summed E-state index contributed by atoms with van der Waals surface area (Å²) in [6, 6.07) is 21.9. The van der Waals surface area contributed by atoms with E-state index in [4.69, 9.17) is 14.2 Å². The van der Waals surface area contributed by atoms with Gasteiger partial charge in [-0.2, -0.15) is 5.26 Å². The maximum atomic E-state index is 14.0. The zero-order valence-corrected chi connectivity index (χ0v) is 24.5. The average Bonchev–Trinajstić information content (AvgIpc) is 3.30. The first-order valence-electron chi connectivity index (χ1n) is 13.4. The van der Waals surface area contributed by atoms with Crippen LogP contribution in [-0.4, -0.2) is 24.3 Å². The molecule has 42 heavy (non-hydrogen) atoms. The fraction of sp³-hybridized carbons (Fsp3) is 0.212. The Morgan fingerprint density at radius 1 is 1.10 bits per heavy atom. The molecule has 0 N–H and O–H groups in total. The van der Waals surface area contributed by atoms with Crippen LogP contribution in [-0.2, 0) is 16.1 Å². The number of hydrogen-bond donors (Lipinski definition) is 0. The van der Waals surface area contributed by atoms with Crippen molar-refractivity contribution in [1.29, 1.82) is 5.26 Å². The van der Waals surface area contributed by atoms with E-state index in [0.717, 1.165) is 16.7 Å². The number of thiazole rings is 1. The van der Waals surface area contributed by atoms with Gasteiger partial charge in [0.15, 0.2) is 16.3 Å². The molecule has 1 atom stereocenters. The summed E-state index contributed by atoms with van der Waals surface area (Å²) in [4.78, 5) is 32.3. The van der Waals surface area contributed by atoms with Gasteiger partial charge in [0.25, 0.3) is 5.56 Å². The molecule has 0 saturated heterocycles. The molecule has 0 aliphatic carbocycles. The molecule has 0 radical (unpaired) electrons. The van der Waals surface area contributed by atoms with Gasteiger partial charge in [0.05, 0.1) is 47.2 Å². The van der Waals surface area contributed by atoms with Gasteiger partial charge in [0, 0.05) is 11.1 Å². The average molecular weight is 580 g/mol. The van der Waals surface area contributed by atoms with Crippen LogP contribution in [0.1, 0.15) is 47.7 Å². The Labute approximate surface area is 247 Å². The van der Waals surface area contributed by atoms with Gasteiger partial charge in [-0.3, -0.25) is 9.36 Å². The Morgan fingerprint density at radius 3 is 2.57 bits per heavy atom. The van der Waals surface area contributed by atoms with E-state index >= 15 is 0 Å². The molecule has 0 fully saturated rings. The summed E-state index contributed by atoms with van der Waals surface area (Å²) >= 11 is 1.23. The van der Waals surface area contributed by atoms with Crippen molar-refractivity contribution >= 4 is 23.4 Å². The summed E-state index contributed by atoms with van der Waals surface area (Å²) in [6.07, 6.45) is 1.74. The van der Waals surface area contributed by atoms with E-state index in [1.807, 2.05) is 55.5 Å². The molecule has 0 unspecified atom stereocenters. The predicted molar refractivity (Wildman–Crippen MR) is 160 cm³/mol. The monoisotopic (exact) mass is 579 g/mol. The number of allylic oxidation sites excluding steroid dienone is 1. The van der Waals surface area contributed by atoms with Crippen LogP contribution in [0, 0.1) is 18.3 Å². The Bertz CT molecular complexity index is 1910. The van der Waals surface area contributed by atoms with Crippen molar-refractivity contribution in [2.45, 2.75) is 33.4 Å². The SMILES string of the molecule is CCOC(=O)C1=C(C)N=c2s/c(=C\c3cccc(OC)c3OCc3ccccc3C#N)c(=O)n2[C@@H]1c1ccc(C)cc1. The van der Waals surface area contributed by atoms with Crippen molar-refractivity contribution in [3.63, 3.8) is 0 Å². The number of para-hydroxylation sites is 1. The fourth-order valence-electron chi connectivity index (χ4n) is 4.86. The van der Waals surface area contributed by atoms with Crippen molar-refractivity contribution in [3.8, 4) is 17.6 Å². The Hall–Kier alpha value is -4.94. The first-order chi connectivity index (χ1) is 20.4. The highest BCUT2D eigenvalue weighted by Crippen LogP contribution is 2.33. The standard InChI is InChI=1S/C33H29N3O5S/c1-5-40-32(38)28-21(3)35-33-36(29(28)22-15-13-20(2)14-16-22)31(37)27(42-33)17-23-11-8-12-26(39-4)30(23)41-19-25-10-7-6-9-24(25)18-34/h6-17,29H,5,19H2,1-4H3/b27-17-/t29-/m1/s1. The second-order valence-corrected chi connectivity index (χ2v) is 10.7. The van der Waals surface area contributed by atoms with Gasteiger partial charge in [-0.15, -0.1) is 0 Å². The molecular formula is C33H29N3O5S. The maximum Gasteiger partial charge on any atom is 0.338 e. The summed E-state index contributed by atoms with van der Waals surface area (Å²) in [6.45, 7) is 5.84. The lowest BCUT2D eigenvalue weighted by Crippen LogP contribution is -2.39. The number of carbonyl (C=O) groups is 1. The molecular weight excluding hydrogens is 550 g/mol. The number of aryl methyl sites for hydroxylation is 1. The largest absolute Gasteiger partial charge is 0.493 e. The quantitative estimate of drug-likeness (QED) is 0.284. The molecule has 5 rings (SSSR count). The number of aromatic nitrogens is 1. The lowest BCUT2D eigenvalue weighted by atomic mass is 9.95. The van der Waals surface area contributed by atoms with Crippen LogP contribution < -0.4 is 24.4 Å². The first kappa shape index (κ1) is 28.6. The Morgan fingerprint density at radius 2 is 1.86 bits per heavy atom. The van der Waals surface area contributed by atoms with Gasteiger partial charge in [0.2, 0.25) is 0 Å². The fourth-order valence-corrected chi connectivity index (χ4v) is 5.90. The number of nitriles is 1. The summed E-state index contributed by atoms with van der Waals surface area (Å²) in [5.74, 6) is 0.431. The van der Waals surface area contributed by atoms with Crippen LogP contribution in [0.5, 0.6) is 11.5 Å². The number of ether oxygens (including phenoxy) is 3. The number of rotatable bonds is 8. The molecule has 0 bridgehead atoms. The zero-order chi connectivity index (χ0) is 29.8. The van der Waals surface area contributed by atoms with Gasteiger partial charge in [-0.25, -0.2) is 9.79 Å². The number of benzene rings is 3. The number of methoxy groups -OCH3 is 1. The van der Waals surface area contributed by atoms with E-state index in [1.54, 1.807) is 49.8 Å². The molecule has 0 amide bonds. The molecule has 1 aromatic heterocycles. The smallest absolute Gasteiger partial charge is 0.338 e. The third-order valence-corrected chi connectivity index (χ3v) is 7.92. The minimum absolute atomic E-state index is 0.141. The van der Waals surface area contributed by atoms with E-state index in [0.29, 0.717) is 43.2 Å². The van der Waals surface area contributed by atoms with E-state index in [-0.39, 0.29) is 18.8 Å². The van der Waals surface area contributed by atoms with Crippen molar-refractivity contribution in [2.75, 3.05) is 13.7 Å². The van der Waals surface area contributed by atoms with Crippen molar-refractivity contribution in [2.24, 2.45) is 4.99 Å². The van der Waals surface area contributed by atoms with Gasteiger partial charge in [-0.05, 0) is 44.5 Å². The highest BCUT2D eigenvalue weighted by Gasteiger charge is 2.33. The second-order valence-electron chi connectivity index (χ2n) is 9.65. The van der Waals surface area contributed by atoms with Gasteiger partial charge < -0.3 is 14.2 Å². The van der Waals surface area contributed by atoms with Crippen LogP contribution in [0.2, 0.25) is 0 Å². The molecule has 0 spiro atoms. The molecule has 0 saturated carbocycles. The highest BCUT2D eigenvalue weighted by molar-refractivity contribution is 7.07. The van der Waals surface area contributed by atoms with Crippen molar-refractivity contribution in [1.82, 2.24) is 4.57 Å². The minimum Gasteiger partial charge on any atom is -0.493 e. The minimum atomic E-state index is -0.688. The summed E-state index contributed by atoms with van der Waals surface area (Å²) in [5.41, 5.74) is 4.28. The normalized spacial score (nSPS) is 14.5. The first-order valence-corrected chi connectivity index (χ1v) is 14.2. The molecule has 1 aliphatic rings. The third-order valence-electron chi connectivity index (χ3n) is 6.94. The molecule has 2 heterocycles. The lowest BCUT2D eigenvalue weighted by Gasteiger charge is -2.24. The number of fused-ring (bicyclic) bond motifs is 1. The second kappa shape index (κ2) is 12.3. The summed E-state index contributed by atoms with van der Waals surface area (Å²) in [7, 11) is 1.55. The maximum absolute atomic E-state index is 14.0. The van der Waals surface area contributed by atoms with Gasteiger partial charge in [-0.1, -0.05) is 71.5 Å². The molecule has 212 valence electrons. The molecule has 3 aromatic carbocycles. The van der Waals surface area contributed by atoms with Crippen LogP contribution in [0.25, 0.3) is 6.08 Å². The highest BCUT2D eigenvalue weighted by atomic mass is 32.1. The molecule has 1 aliphatic heterocycles. The molecule has 8 nitrogen and oxygen atoms in total. The van der Waals surface area contributed by atoms with E-state index in [2.05, 4.69) is 11.1 Å². The number of carbonyl (C=O) groups excluding carboxylic acids is 1. The van der Waals surface area contributed by atoms with Crippen LogP contribution in [0.15, 0.2) is 87.8 Å². The number of esters is 1. The topological polar surface area (TPSA) is 103 Å². The van der Waals surface area contributed by atoms with Gasteiger partial charge >= 0.3 is 5.97 Å². The zero-order valence-electron chi connectivity index (χ0n) is 23.7. The Balaban J connectivity index is 1.64. The number of nitrogens with zero attached hydrogens (tertiary/aromatic N) is 3. The number of hydrogen-bond acceptors (Lipinski definition) is 8. The van der Waals surface area contributed by atoms with E-state index in [9.17, 15) is 14.9 Å². The van der Waals surface area contributed by atoms with Crippen LogP contribution >= 0.6 is 11.3 Å². The summed E-state index contributed by atoms with van der Waals surface area (Å²) in [5, 5.41) is 9.48. The molecule has 4 aromatic rings. The van der Waals surface area contributed by atoms with Crippen molar-refractivity contribution < 1.29 is 19.0 Å². The Kier molecular flexibility index (Phi) is 8.36. The lowest BCUT2D eigenvalue weighted by molar-refractivity contribution is -0.139. The predicted octanol–water partition coefficient (Wildman–Crippen LogP) is 4.57. The third kappa shape index (κ3) is 5.49.